The third kappa shape index (κ3) is 5.76. The fraction of sp³-hybridized carbons (Fsp3) is 0.526. The lowest BCUT2D eigenvalue weighted by Gasteiger charge is -2.18. The third-order valence-corrected chi connectivity index (χ3v) is 4.21. The molecule has 1 unspecified atom stereocenters. The minimum absolute atomic E-state index is 0.0176. The van der Waals surface area contributed by atoms with Gasteiger partial charge in [-0.05, 0) is 33.6 Å². The molecule has 9 nitrogen and oxygen atoms in total. The number of rotatable bonds is 3. The number of nitrogens with zero attached hydrogens (tertiary/aromatic N) is 5. The summed E-state index contributed by atoms with van der Waals surface area (Å²) in [6, 6.07) is 3.80. The lowest BCUT2D eigenvalue weighted by Crippen LogP contribution is -2.45. The molecule has 1 aliphatic rings. The van der Waals surface area contributed by atoms with Crippen molar-refractivity contribution in [2.24, 2.45) is 5.73 Å². The van der Waals surface area contributed by atoms with E-state index in [1.807, 2.05) is 26.8 Å². The summed E-state index contributed by atoms with van der Waals surface area (Å²) < 4.78 is 1.60. The molecular weight excluding hydrogens is 358 g/mol. The maximum absolute atomic E-state index is 11.9. The topological polar surface area (TPSA) is 129 Å². The van der Waals surface area contributed by atoms with Gasteiger partial charge in [-0.3, -0.25) is 9.59 Å². The molecule has 150 valence electrons. The Kier molecular flexibility index (Phi) is 6.70. The van der Waals surface area contributed by atoms with Crippen molar-refractivity contribution < 1.29 is 9.59 Å². The van der Waals surface area contributed by atoms with Gasteiger partial charge in [-0.25, -0.2) is 9.50 Å². The van der Waals surface area contributed by atoms with Gasteiger partial charge in [0, 0.05) is 44.0 Å². The number of aromatic nitrogens is 3. The van der Waals surface area contributed by atoms with E-state index in [0.717, 1.165) is 30.7 Å². The zero-order valence-electron chi connectivity index (χ0n) is 16.8. The lowest BCUT2D eigenvalue weighted by molar-refractivity contribution is -0.128. The van der Waals surface area contributed by atoms with Crippen LogP contribution in [0.15, 0.2) is 18.5 Å². The van der Waals surface area contributed by atoms with Crippen LogP contribution in [0.25, 0.3) is 5.65 Å². The quantitative estimate of drug-likeness (QED) is 0.811. The predicted molar refractivity (Wildman–Crippen MR) is 104 cm³/mol. The van der Waals surface area contributed by atoms with Gasteiger partial charge in [-0.2, -0.15) is 10.4 Å². The van der Waals surface area contributed by atoms with Crippen LogP contribution in [0.2, 0.25) is 0 Å². The Morgan fingerprint density at radius 1 is 1.46 bits per heavy atom. The molecule has 0 aliphatic carbocycles. The monoisotopic (exact) mass is 385 g/mol. The zero-order valence-corrected chi connectivity index (χ0v) is 16.8. The van der Waals surface area contributed by atoms with Crippen LogP contribution in [0.5, 0.6) is 0 Å². The SMILES string of the molecule is CC(=O)N1CCCC1C#N.Cc1cc2ncc(C(=O)NCC(C)(C)N)cn2n1. The molecule has 3 N–H and O–H groups in total. The average molecular weight is 385 g/mol. The molecule has 0 spiro atoms. The predicted octanol–water partition coefficient (Wildman–Crippen LogP) is 1.03. The molecule has 0 saturated carbocycles. The van der Waals surface area contributed by atoms with Gasteiger partial charge in [0.1, 0.15) is 6.04 Å². The summed E-state index contributed by atoms with van der Waals surface area (Å²) >= 11 is 0. The van der Waals surface area contributed by atoms with Gasteiger partial charge in [0.25, 0.3) is 5.91 Å². The molecular formula is C19H27N7O2. The molecule has 3 heterocycles. The number of likely N-dealkylation sites (tertiary alicyclic amines) is 1. The summed E-state index contributed by atoms with van der Waals surface area (Å²) in [6.45, 7) is 8.26. The van der Waals surface area contributed by atoms with Crippen molar-refractivity contribution in [2.45, 2.75) is 52.1 Å². The van der Waals surface area contributed by atoms with E-state index in [-0.39, 0.29) is 17.9 Å². The van der Waals surface area contributed by atoms with E-state index < -0.39 is 5.54 Å². The molecule has 0 bridgehead atoms. The molecule has 1 fully saturated rings. The summed E-state index contributed by atoms with van der Waals surface area (Å²) in [7, 11) is 0. The lowest BCUT2D eigenvalue weighted by atomic mass is 10.1. The van der Waals surface area contributed by atoms with Gasteiger partial charge in [-0.15, -0.1) is 0 Å². The summed E-state index contributed by atoms with van der Waals surface area (Å²) in [5, 5.41) is 15.5. The number of aryl methyl sites for hydroxylation is 1. The number of carbonyl (C=O) groups is 2. The van der Waals surface area contributed by atoms with Crippen molar-refractivity contribution in [1.82, 2.24) is 24.8 Å². The van der Waals surface area contributed by atoms with Gasteiger partial charge in [-0.1, -0.05) is 0 Å². The average Bonchev–Trinajstić information content (AvgIpc) is 3.23. The smallest absolute Gasteiger partial charge is 0.254 e. The van der Waals surface area contributed by atoms with Gasteiger partial charge in [0.05, 0.1) is 17.3 Å². The molecule has 3 rings (SSSR count). The first-order chi connectivity index (χ1) is 13.1. The molecule has 28 heavy (non-hydrogen) atoms. The summed E-state index contributed by atoms with van der Waals surface area (Å²) in [5.74, 6) is -0.180. The van der Waals surface area contributed by atoms with Gasteiger partial charge in [0.2, 0.25) is 5.91 Å². The van der Waals surface area contributed by atoms with E-state index in [1.165, 1.54) is 13.1 Å². The van der Waals surface area contributed by atoms with Gasteiger partial charge >= 0.3 is 0 Å². The first-order valence-electron chi connectivity index (χ1n) is 9.16. The number of nitrogens with one attached hydrogen (secondary N) is 1. The standard InChI is InChI=1S/C12H17N5O.C7H10N2O/c1-8-4-10-14-5-9(6-17(10)16-8)11(18)15-7-12(2,3)13;1-6(10)9-4-2-3-7(9)5-8/h4-6H,7,13H2,1-3H3,(H,15,18);7H,2-4H2,1H3. The Balaban J connectivity index is 0.000000237. The summed E-state index contributed by atoms with van der Waals surface area (Å²) in [5.41, 5.74) is 7.43. The molecule has 0 aromatic carbocycles. The second kappa shape index (κ2) is 8.80. The van der Waals surface area contributed by atoms with Crippen molar-refractivity contribution >= 4 is 17.5 Å². The Morgan fingerprint density at radius 3 is 2.75 bits per heavy atom. The van der Waals surface area contributed by atoms with Crippen LogP contribution < -0.4 is 11.1 Å². The van der Waals surface area contributed by atoms with Crippen LogP contribution in [0.4, 0.5) is 0 Å². The van der Waals surface area contributed by atoms with Crippen LogP contribution in [0.1, 0.15) is 49.7 Å². The molecule has 2 aromatic heterocycles. The molecule has 0 radical (unpaired) electrons. The van der Waals surface area contributed by atoms with E-state index in [9.17, 15) is 9.59 Å². The first kappa shape index (κ1) is 21.3. The number of amides is 2. The Hall–Kier alpha value is -2.99. The molecule has 1 saturated heterocycles. The maximum Gasteiger partial charge on any atom is 0.254 e. The fourth-order valence-corrected chi connectivity index (χ4v) is 2.80. The van der Waals surface area contributed by atoms with Crippen molar-refractivity contribution in [3.8, 4) is 6.07 Å². The van der Waals surface area contributed by atoms with Crippen molar-refractivity contribution in [3.05, 3.63) is 29.7 Å². The zero-order chi connectivity index (χ0) is 20.9. The van der Waals surface area contributed by atoms with Gasteiger partial charge in [0.15, 0.2) is 5.65 Å². The highest BCUT2D eigenvalue weighted by atomic mass is 16.2. The van der Waals surface area contributed by atoms with Crippen molar-refractivity contribution in [3.63, 3.8) is 0 Å². The summed E-state index contributed by atoms with van der Waals surface area (Å²) in [6.07, 6.45) is 5.01. The summed E-state index contributed by atoms with van der Waals surface area (Å²) in [4.78, 5) is 28.5. The molecule has 2 aromatic rings. The number of hydrogen-bond donors (Lipinski definition) is 2. The number of nitrogens with two attached hydrogens (primary N) is 1. The van der Waals surface area contributed by atoms with E-state index in [2.05, 4.69) is 21.5 Å². The minimum Gasteiger partial charge on any atom is -0.350 e. The van der Waals surface area contributed by atoms with E-state index >= 15 is 0 Å². The van der Waals surface area contributed by atoms with Crippen LogP contribution in [-0.4, -0.2) is 56.0 Å². The highest BCUT2D eigenvalue weighted by molar-refractivity contribution is 5.93. The maximum atomic E-state index is 11.9. The van der Waals surface area contributed by atoms with Crippen molar-refractivity contribution in [2.75, 3.05) is 13.1 Å². The number of carbonyl (C=O) groups excluding carboxylic acids is 2. The second-order valence-corrected chi connectivity index (χ2v) is 7.60. The first-order valence-corrected chi connectivity index (χ1v) is 9.16. The number of fused-ring (bicyclic) bond motifs is 1. The second-order valence-electron chi connectivity index (χ2n) is 7.60. The number of nitriles is 1. The Morgan fingerprint density at radius 2 is 2.18 bits per heavy atom. The van der Waals surface area contributed by atoms with E-state index in [1.54, 1.807) is 15.6 Å². The van der Waals surface area contributed by atoms with E-state index in [4.69, 9.17) is 11.0 Å². The minimum atomic E-state index is -0.435. The number of hydrogen-bond acceptors (Lipinski definition) is 6. The highest BCUT2D eigenvalue weighted by Gasteiger charge is 2.25. The molecule has 2 amide bonds. The molecule has 1 aliphatic heterocycles. The van der Waals surface area contributed by atoms with Crippen LogP contribution >= 0.6 is 0 Å². The Labute approximate surface area is 164 Å². The normalized spacial score (nSPS) is 16.3. The van der Waals surface area contributed by atoms with Crippen molar-refractivity contribution in [1.29, 1.82) is 5.26 Å². The van der Waals surface area contributed by atoms with Crippen LogP contribution in [-0.2, 0) is 4.79 Å². The largest absolute Gasteiger partial charge is 0.350 e. The highest BCUT2D eigenvalue weighted by Crippen LogP contribution is 2.15. The van der Waals surface area contributed by atoms with E-state index in [0.29, 0.717) is 12.1 Å². The molecule has 1 atom stereocenters. The van der Waals surface area contributed by atoms with Crippen LogP contribution in [0.3, 0.4) is 0 Å². The third-order valence-electron chi connectivity index (χ3n) is 4.21. The Bertz CT molecular complexity index is 892. The van der Waals surface area contributed by atoms with Gasteiger partial charge < -0.3 is 16.0 Å². The fourth-order valence-electron chi connectivity index (χ4n) is 2.80. The molecule has 9 heteroatoms. The van der Waals surface area contributed by atoms with Crippen LogP contribution in [0, 0.1) is 18.3 Å².